The molecular formula is C32H41N3O4S. The van der Waals surface area contributed by atoms with Crippen LogP contribution < -0.4 is 9.62 Å². The highest BCUT2D eigenvalue weighted by atomic mass is 32.2. The number of sulfonamides is 1. The normalized spacial score (nSPS) is 12.2. The van der Waals surface area contributed by atoms with Crippen LogP contribution in [0.3, 0.4) is 0 Å². The van der Waals surface area contributed by atoms with Crippen molar-refractivity contribution in [2.45, 2.75) is 58.4 Å². The molecule has 0 heterocycles. The van der Waals surface area contributed by atoms with Crippen molar-refractivity contribution >= 4 is 27.5 Å². The molecule has 2 amide bonds. The highest BCUT2D eigenvalue weighted by Crippen LogP contribution is 2.26. The van der Waals surface area contributed by atoms with Crippen molar-refractivity contribution in [1.82, 2.24) is 10.2 Å². The highest BCUT2D eigenvalue weighted by molar-refractivity contribution is 7.92. The molecule has 214 valence electrons. The molecule has 7 nitrogen and oxygen atoms in total. The van der Waals surface area contributed by atoms with Crippen LogP contribution in [0, 0.1) is 19.8 Å². The van der Waals surface area contributed by atoms with Crippen molar-refractivity contribution in [3.05, 3.63) is 95.6 Å². The van der Waals surface area contributed by atoms with Gasteiger partial charge < -0.3 is 10.2 Å². The quantitative estimate of drug-likeness (QED) is 0.313. The number of rotatable bonds is 13. The van der Waals surface area contributed by atoms with Crippen LogP contribution in [-0.2, 0) is 26.0 Å². The van der Waals surface area contributed by atoms with E-state index in [-0.39, 0.29) is 23.3 Å². The van der Waals surface area contributed by atoms with E-state index >= 15 is 0 Å². The van der Waals surface area contributed by atoms with E-state index in [4.69, 9.17) is 0 Å². The summed E-state index contributed by atoms with van der Waals surface area (Å²) < 4.78 is 29.0. The fraction of sp³-hybridized carbons (Fsp3) is 0.375. The number of nitrogens with one attached hydrogen (secondary N) is 1. The SMILES string of the molecule is CCC(C(=O)NCC(C)C)N(CCc1ccccc1)C(=O)CN(c1cc(C)cc(C)c1)S(=O)(=O)c1ccccc1. The standard InChI is InChI=1S/C32H41N3O4S/c1-6-30(32(37)33-22-24(2)3)34(18-17-27-13-9-7-10-14-27)31(36)23-35(28-20-25(4)19-26(5)21-28)40(38,39)29-15-11-8-12-16-29/h7-16,19-21,24,30H,6,17-18,22-23H2,1-5H3,(H,33,37). The molecule has 0 fully saturated rings. The number of hydrogen-bond acceptors (Lipinski definition) is 4. The maximum Gasteiger partial charge on any atom is 0.264 e. The summed E-state index contributed by atoms with van der Waals surface area (Å²) in [6.07, 6.45) is 0.939. The second kappa shape index (κ2) is 14.1. The Kier molecular flexibility index (Phi) is 10.9. The van der Waals surface area contributed by atoms with Crippen molar-refractivity contribution in [2.75, 3.05) is 23.9 Å². The molecule has 1 N–H and O–H groups in total. The second-order valence-electron chi connectivity index (χ2n) is 10.6. The summed E-state index contributed by atoms with van der Waals surface area (Å²) >= 11 is 0. The van der Waals surface area contributed by atoms with Crippen molar-refractivity contribution in [1.29, 1.82) is 0 Å². The lowest BCUT2D eigenvalue weighted by Gasteiger charge is -2.33. The number of carbonyl (C=O) groups is 2. The van der Waals surface area contributed by atoms with E-state index < -0.39 is 28.5 Å². The molecule has 3 aromatic rings. The van der Waals surface area contributed by atoms with Gasteiger partial charge in [-0.3, -0.25) is 13.9 Å². The molecule has 40 heavy (non-hydrogen) atoms. The molecule has 0 radical (unpaired) electrons. The largest absolute Gasteiger partial charge is 0.354 e. The number of aryl methyl sites for hydroxylation is 2. The summed E-state index contributed by atoms with van der Waals surface area (Å²) in [7, 11) is -4.07. The van der Waals surface area contributed by atoms with Crippen LogP contribution in [0.2, 0.25) is 0 Å². The lowest BCUT2D eigenvalue weighted by Crippen LogP contribution is -2.53. The van der Waals surface area contributed by atoms with E-state index in [0.717, 1.165) is 16.7 Å². The summed E-state index contributed by atoms with van der Waals surface area (Å²) in [5, 5.41) is 2.96. The van der Waals surface area contributed by atoms with E-state index in [2.05, 4.69) is 5.32 Å². The summed E-state index contributed by atoms with van der Waals surface area (Å²) in [4.78, 5) is 29.0. The summed E-state index contributed by atoms with van der Waals surface area (Å²) in [6, 6.07) is 22.6. The molecule has 0 aliphatic carbocycles. The lowest BCUT2D eigenvalue weighted by molar-refractivity contribution is -0.139. The van der Waals surface area contributed by atoms with Gasteiger partial charge >= 0.3 is 0 Å². The van der Waals surface area contributed by atoms with E-state index in [1.54, 1.807) is 35.2 Å². The van der Waals surface area contributed by atoms with Crippen LogP contribution >= 0.6 is 0 Å². The highest BCUT2D eigenvalue weighted by Gasteiger charge is 2.33. The maximum atomic E-state index is 14.1. The number of anilines is 1. The van der Waals surface area contributed by atoms with Gasteiger partial charge in [0, 0.05) is 13.1 Å². The Hall–Kier alpha value is -3.65. The van der Waals surface area contributed by atoms with Crippen molar-refractivity contribution in [3.8, 4) is 0 Å². The third-order valence-corrected chi connectivity index (χ3v) is 8.45. The molecular weight excluding hydrogens is 522 g/mol. The molecule has 0 saturated carbocycles. The lowest BCUT2D eigenvalue weighted by atomic mass is 10.1. The Morgan fingerprint density at radius 2 is 1.45 bits per heavy atom. The van der Waals surface area contributed by atoms with E-state index in [0.29, 0.717) is 25.1 Å². The number of hydrogen-bond donors (Lipinski definition) is 1. The van der Waals surface area contributed by atoms with Gasteiger partial charge in [-0.1, -0.05) is 75.4 Å². The summed E-state index contributed by atoms with van der Waals surface area (Å²) in [6.45, 7) is 10.0. The van der Waals surface area contributed by atoms with Crippen LogP contribution in [0.1, 0.15) is 43.9 Å². The zero-order valence-corrected chi connectivity index (χ0v) is 24.9. The smallest absolute Gasteiger partial charge is 0.264 e. The van der Waals surface area contributed by atoms with Gasteiger partial charge in [-0.25, -0.2) is 8.42 Å². The maximum absolute atomic E-state index is 14.1. The van der Waals surface area contributed by atoms with Crippen molar-refractivity contribution < 1.29 is 18.0 Å². The Balaban J connectivity index is 2.01. The predicted octanol–water partition coefficient (Wildman–Crippen LogP) is 5.12. The third kappa shape index (κ3) is 8.18. The average Bonchev–Trinajstić information content (AvgIpc) is 2.92. The minimum Gasteiger partial charge on any atom is -0.354 e. The monoisotopic (exact) mass is 563 g/mol. The first-order valence-corrected chi connectivity index (χ1v) is 15.2. The van der Waals surface area contributed by atoms with Gasteiger partial charge in [0.25, 0.3) is 10.0 Å². The fourth-order valence-corrected chi connectivity index (χ4v) is 6.08. The molecule has 0 bridgehead atoms. The predicted molar refractivity (Wildman–Crippen MR) is 161 cm³/mol. The van der Waals surface area contributed by atoms with Crippen LogP contribution in [-0.4, -0.2) is 50.8 Å². The molecule has 1 atom stereocenters. The number of carbonyl (C=O) groups excluding carboxylic acids is 2. The Labute approximate surface area is 239 Å². The molecule has 0 saturated heterocycles. The van der Waals surface area contributed by atoms with E-state index in [1.165, 1.54) is 16.4 Å². The molecule has 0 aromatic heterocycles. The molecule has 8 heteroatoms. The van der Waals surface area contributed by atoms with Crippen LogP contribution in [0.25, 0.3) is 0 Å². The molecule has 1 unspecified atom stereocenters. The summed E-state index contributed by atoms with van der Waals surface area (Å²) in [5.74, 6) is -0.409. The molecule has 0 spiro atoms. The molecule has 3 rings (SSSR count). The summed E-state index contributed by atoms with van der Waals surface area (Å²) in [5.41, 5.74) is 3.21. The van der Waals surface area contributed by atoms with Gasteiger partial charge in [-0.05, 0) is 73.6 Å². The molecule has 3 aromatic carbocycles. The van der Waals surface area contributed by atoms with Gasteiger partial charge in [0.15, 0.2) is 0 Å². The van der Waals surface area contributed by atoms with Crippen LogP contribution in [0.5, 0.6) is 0 Å². The number of benzene rings is 3. The van der Waals surface area contributed by atoms with Crippen molar-refractivity contribution in [3.63, 3.8) is 0 Å². The zero-order chi connectivity index (χ0) is 29.3. The second-order valence-corrected chi connectivity index (χ2v) is 12.4. The Morgan fingerprint density at radius 3 is 2.00 bits per heavy atom. The van der Waals surface area contributed by atoms with Crippen LogP contribution in [0.4, 0.5) is 5.69 Å². The molecule has 0 aliphatic heterocycles. The van der Waals surface area contributed by atoms with Gasteiger partial charge in [-0.2, -0.15) is 0 Å². The first kappa shape index (κ1) is 30.9. The first-order chi connectivity index (χ1) is 19.0. The third-order valence-electron chi connectivity index (χ3n) is 6.66. The minimum absolute atomic E-state index is 0.0968. The average molecular weight is 564 g/mol. The van der Waals surface area contributed by atoms with Gasteiger partial charge in [0.05, 0.1) is 10.6 Å². The number of amides is 2. The van der Waals surface area contributed by atoms with E-state index in [1.807, 2.05) is 71.0 Å². The topological polar surface area (TPSA) is 86.8 Å². The Bertz CT molecular complexity index is 1360. The van der Waals surface area contributed by atoms with Gasteiger partial charge in [0.2, 0.25) is 11.8 Å². The van der Waals surface area contributed by atoms with Crippen LogP contribution in [0.15, 0.2) is 83.8 Å². The number of nitrogens with zero attached hydrogens (tertiary/aromatic N) is 2. The first-order valence-electron chi connectivity index (χ1n) is 13.8. The van der Waals surface area contributed by atoms with E-state index in [9.17, 15) is 18.0 Å². The Morgan fingerprint density at radius 1 is 0.875 bits per heavy atom. The van der Waals surface area contributed by atoms with Gasteiger partial charge in [0.1, 0.15) is 12.6 Å². The van der Waals surface area contributed by atoms with Gasteiger partial charge in [-0.15, -0.1) is 0 Å². The zero-order valence-electron chi connectivity index (χ0n) is 24.1. The molecule has 0 aliphatic rings. The van der Waals surface area contributed by atoms with Crippen molar-refractivity contribution in [2.24, 2.45) is 5.92 Å². The minimum atomic E-state index is -4.07. The fourth-order valence-electron chi connectivity index (χ4n) is 4.66.